The highest BCUT2D eigenvalue weighted by atomic mass is 19.2. The molecule has 5 heteroatoms. The predicted octanol–water partition coefficient (Wildman–Crippen LogP) is 3.80. The normalized spacial score (nSPS) is 11.0. The summed E-state index contributed by atoms with van der Waals surface area (Å²) < 4.78 is 14.0. The summed E-state index contributed by atoms with van der Waals surface area (Å²) in [5.41, 5.74) is 1.66. The second kappa shape index (κ2) is 7.38. The highest BCUT2D eigenvalue weighted by Crippen LogP contribution is 2.29. The molecule has 0 aliphatic heterocycles. The molecule has 0 unspecified atom stereocenters. The van der Waals surface area contributed by atoms with Crippen LogP contribution in [0.5, 0.6) is 0 Å². The zero-order valence-corrected chi connectivity index (χ0v) is 12.6. The number of anilines is 1. The molecule has 0 saturated carbocycles. The number of nitrogens with one attached hydrogen (secondary N) is 1. The molecule has 0 heterocycles. The number of carbonyl (C=O) groups is 1. The van der Waals surface area contributed by atoms with Crippen molar-refractivity contribution in [1.29, 1.82) is 0 Å². The molecule has 1 amide bonds. The number of halogens is 1. The molecule has 4 nitrogen and oxygen atoms in total. The third-order valence-electron chi connectivity index (χ3n) is 3.04. The maximum Gasteiger partial charge on any atom is 0.224 e. The lowest BCUT2D eigenvalue weighted by Crippen LogP contribution is -2.19. The number of hydrogen-bond donors (Lipinski definition) is 1. The van der Waals surface area contributed by atoms with E-state index in [1.165, 1.54) is 14.0 Å². The smallest absolute Gasteiger partial charge is 0.224 e. The summed E-state index contributed by atoms with van der Waals surface area (Å²) >= 11 is 0. The van der Waals surface area contributed by atoms with E-state index in [-0.39, 0.29) is 17.4 Å². The number of aliphatic imine (C=N–C) groups is 1. The van der Waals surface area contributed by atoms with E-state index in [4.69, 9.17) is 0 Å². The van der Waals surface area contributed by atoms with Crippen LogP contribution in [0.4, 0.5) is 10.2 Å². The first-order valence-corrected chi connectivity index (χ1v) is 6.59. The van der Waals surface area contributed by atoms with Crippen LogP contribution >= 0.6 is 0 Å². The highest BCUT2D eigenvalue weighted by molar-refractivity contribution is 5.96. The zero-order chi connectivity index (χ0) is 16.0. The Morgan fingerprint density at radius 2 is 2.00 bits per heavy atom. The first-order chi connectivity index (χ1) is 9.92. The fraction of sp³-hybridized carbons (Fsp3) is 0.250. The Labute approximate surface area is 124 Å². The van der Waals surface area contributed by atoms with Crippen molar-refractivity contribution >= 4 is 23.0 Å². The van der Waals surface area contributed by atoms with Crippen LogP contribution in [0.15, 0.2) is 48.1 Å². The van der Waals surface area contributed by atoms with Gasteiger partial charge in [-0.25, -0.2) is 0 Å². The summed E-state index contributed by atoms with van der Waals surface area (Å²) in [6.07, 6.45) is 0.360. The fourth-order valence-corrected chi connectivity index (χ4v) is 1.65. The Bertz CT molecular complexity index is 593. The minimum absolute atomic E-state index is 0.0799. The van der Waals surface area contributed by atoms with Crippen molar-refractivity contribution in [3.8, 4) is 0 Å². The van der Waals surface area contributed by atoms with E-state index in [2.05, 4.69) is 23.5 Å². The summed E-state index contributed by atoms with van der Waals surface area (Å²) in [6.45, 7) is 10.9. The molecule has 1 aromatic rings. The second-order valence-corrected chi connectivity index (χ2v) is 4.42. The number of amidine groups is 1. The maximum atomic E-state index is 14.0. The molecule has 0 fully saturated rings. The minimum Gasteiger partial charge on any atom is -0.326 e. The standard InChI is InChI=1S/C16H20FN3O/c1-6-16(21)19-15-10-8-7-9-14(15)11(2)12(3)20(17)13(4)18-5/h7-10H,2-3,6H2,1,4-5H3,(H,19,21). The van der Waals surface area contributed by atoms with Gasteiger partial charge >= 0.3 is 0 Å². The Morgan fingerprint density at radius 3 is 2.57 bits per heavy atom. The number of allylic oxidation sites excluding steroid dienone is 1. The third-order valence-corrected chi connectivity index (χ3v) is 3.04. The van der Waals surface area contributed by atoms with Crippen molar-refractivity contribution in [2.24, 2.45) is 4.99 Å². The van der Waals surface area contributed by atoms with Gasteiger partial charge in [-0.05, 0) is 13.0 Å². The fourth-order valence-electron chi connectivity index (χ4n) is 1.65. The molecule has 0 aromatic heterocycles. The van der Waals surface area contributed by atoms with Crippen LogP contribution in [-0.4, -0.2) is 23.9 Å². The van der Waals surface area contributed by atoms with Crippen LogP contribution in [0, 0.1) is 0 Å². The lowest BCUT2D eigenvalue weighted by Gasteiger charge is -2.19. The monoisotopic (exact) mass is 289 g/mol. The molecule has 0 radical (unpaired) electrons. The van der Waals surface area contributed by atoms with Crippen molar-refractivity contribution in [2.45, 2.75) is 20.3 Å². The van der Waals surface area contributed by atoms with E-state index in [0.29, 0.717) is 28.4 Å². The number of benzene rings is 1. The number of nitrogens with zero attached hydrogens (tertiary/aromatic N) is 2. The topological polar surface area (TPSA) is 44.7 Å². The van der Waals surface area contributed by atoms with E-state index in [0.717, 1.165) is 0 Å². The van der Waals surface area contributed by atoms with Crippen LogP contribution in [0.3, 0.4) is 0 Å². The van der Waals surface area contributed by atoms with Gasteiger partial charge in [0.05, 0.1) is 5.70 Å². The van der Waals surface area contributed by atoms with Crippen LogP contribution in [0.25, 0.3) is 5.57 Å². The summed E-state index contributed by atoms with van der Waals surface area (Å²) in [6, 6.07) is 7.07. The molecule has 0 atom stereocenters. The van der Waals surface area contributed by atoms with Crippen molar-refractivity contribution in [3.63, 3.8) is 0 Å². The lowest BCUT2D eigenvalue weighted by molar-refractivity contribution is -0.115. The van der Waals surface area contributed by atoms with Gasteiger partial charge in [0.25, 0.3) is 0 Å². The molecule has 1 rings (SSSR count). The van der Waals surface area contributed by atoms with Gasteiger partial charge in [-0.1, -0.05) is 42.8 Å². The van der Waals surface area contributed by atoms with Crippen LogP contribution in [-0.2, 0) is 4.79 Å². The molecule has 0 aliphatic rings. The van der Waals surface area contributed by atoms with E-state index < -0.39 is 0 Å². The van der Waals surface area contributed by atoms with Gasteiger partial charge < -0.3 is 5.32 Å². The van der Waals surface area contributed by atoms with Gasteiger partial charge in [0, 0.05) is 30.3 Å². The van der Waals surface area contributed by atoms with Crippen LogP contribution in [0.2, 0.25) is 0 Å². The molecule has 21 heavy (non-hydrogen) atoms. The average Bonchev–Trinajstić information content (AvgIpc) is 2.52. The third kappa shape index (κ3) is 4.02. The van der Waals surface area contributed by atoms with Gasteiger partial charge in [-0.3, -0.25) is 9.79 Å². The molecule has 1 aromatic carbocycles. The molecule has 0 aliphatic carbocycles. The van der Waals surface area contributed by atoms with Gasteiger partial charge in [0.2, 0.25) is 5.91 Å². The van der Waals surface area contributed by atoms with E-state index in [9.17, 15) is 9.28 Å². The van der Waals surface area contributed by atoms with Crippen molar-refractivity contribution in [1.82, 2.24) is 5.12 Å². The minimum atomic E-state index is -0.121. The Kier molecular flexibility index (Phi) is 5.84. The summed E-state index contributed by atoms with van der Waals surface area (Å²) in [7, 11) is 1.49. The Hall–Kier alpha value is -2.43. The molecule has 0 spiro atoms. The number of hydrogen-bond acceptors (Lipinski definition) is 2. The van der Waals surface area contributed by atoms with Gasteiger partial charge in [-0.15, -0.1) is 0 Å². The highest BCUT2D eigenvalue weighted by Gasteiger charge is 2.16. The molecule has 112 valence electrons. The maximum absolute atomic E-state index is 14.0. The number of carbonyl (C=O) groups excluding carboxylic acids is 1. The van der Waals surface area contributed by atoms with Crippen molar-refractivity contribution in [3.05, 3.63) is 48.7 Å². The van der Waals surface area contributed by atoms with E-state index in [1.54, 1.807) is 31.2 Å². The molecule has 0 saturated heterocycles. The van der Waals surface area contributed by atoms with E-state index in [1.807, 2.05) is 0 Å². The quantitative estimate of drug-likeness (QED) is 0.388. The van der Waals surface area contributed by atoms with Gasteiger partial charge in [0.15, 0.2) is 0 Å². The number of rotatable bonds is 5. The van der Waals surface area contributed by atoms with Gasteiger partial charge in [0.1, 0.15) is 5.84 Å². The Balaban J connectivity index is 3.08. The lowest BCUT2D eigenvalue weighted by atomic mass is 10.0. The molecular weight excluding hydrogens is 269 g/mol. The van der Waals surface area contributed by atoms with Crippen molar-refractivity contribution in [2.75, 3.05) is 12.4 Å². The van der Waals surface area contributed by atoms with Gasteiger partial charge in [-0.2, -0.15) is 5.12 Å². The Morgan fingerprint density at radius 1 is 1.38 bits per heavy atom. The zero-order valence-electron chi connectivity index (χ0n) is 12.6. The van der Waals surface area contributed by atoms with Crippen molar-refractivity contribution < 1.29 is 9.28 Å². The second-order valence-electron chi connectivity index (χ2n) is 4.42. The molecule has 0 bridgehead atoms. The summed E-state index contributed by atoms with van der Waals surface area (Å²) in [4.78, 5) is 15.3. The van der Waals surface area contributed by atoms with Crippen LogP contribution < -0.4 is 5.32 Å². The first-order valence-electron chi connectivity index (χ1n) is 6.59. The molecule has 1 N–H and O–H groups in total. The predicted molar refractivity (Wildman–Crippen MR) is 85.5 cm³/mol. The van der Waals surface area contributed by atoms with E-state index >= 15 is 0 Å². The molecular formula is C16H20FN3O. The first kappa shape index (κ1) is 16.6. The SMILES string of the molecule is C=C(C(=C)N(F)C(C)=NC)c1ccccc1NC(=O)CC. The number of para-hydroxylation sites is 1. The average molecular weight is 289 g/mol. The summed E-state index contributed by atoms with van der Waals surface area (Å²) in [5.74, 6) is 0.0560. The summed E-state index contributed by atoms with van der Waals surface area (Å²) in [5, 5.41) is 3.14. The number of amides is 1. The van der Waals surface area contributed by atoms with Crippen LogP contribution in [0.1, 0.15) is 25.8 Å². The largest absolute Gasteiger partial charge is 0.326 e.